The molecule has 2 heteroatoms. The van der Waals surface area contributed by atoms with E-state index in [0.717, 1.165) is 25.7 Å². The van der Waals surface area contributed by atoms with Crippen molar-refractivity contribution in [3.63, 3.8) is 0 Å². The lowest BCUT2D eigenvalue weighted by molar-refractivity contribution is 0.124. The zero-order valence-electron chi connectivity index (χ0n) is 10.9. The molecule has 0 heterocycles. The molecule has 1 fully saturated rings. The number of hydrogen-bond acceptors (Lipinski definition) is 2. The average Bonchev–Trinajstić information content (AvgIpc) is 3.13. The maximum absolute atomic E-state index is 5.61. The van der Waals surface area contributed by atoms with Crippen LogP contribution in [-0.4, -0.2) is 19.8 Å². The first kappa shape index (κ1) is 12.6. The summed E-state index contributed by atoms with van der Waals surface area (Å²) in [5, 5.41) is 3.51. The molecular weight excluding hydrogens is 210 g/mol. The number of benzene rings is 1. The Bertz CT molecular complexity index is 347. The highest BCUT2D eigenvalue weighted by Gasteiger charge is 2.20. The second-order valence-corrected chi connectivity index (χ2v) is 5.05. The van der Waals surface area contributed by atoms with Gasteiger partial charge >= 0.3 is 0 Å². The zero-order chi connectivity index (χ0) is 12.1. The molecule has 1 aliphatic rings. The fourth-order valence-corrected chi connectivity index (χ4v) is 2.06. The van der Waals surface area contributed by atoms with Gasteiger partial charge in [-0.3, -0.25) is 0 Å². The predicted octanol–water partition coefficient (Wildman–Crippen LogP) is 3.07. The van der Waals surface area contributed by atoms with Crippen LogP contribution in [0.1, 0.15) is 36.9 Å². The predicted molar refractivity (Wildman–Crippen MR) is 71.1 cm³/mol. The second kappa shape index (κ2) is 6.18. The summed E-state index contributed by atoms with van der Waals surface area (Å²) < 4.78 is 5.61. The quantitative estimate of drug-likeness (QED) is 0.731. The normalized spacial score (nSPS) is 17.1. The summed E-state index contributed by atoms with van der Waals surface area (Å²) in [6, 6.07) is 8.95. The van der Waals surface area contributed by atoms with E-state index >= 15 is 0 Å². The van der Waals surface area contributed by atoms with Crippen LogP contribution in [0.15, 0.2) is 24.3 Å². The lowest BCUT2D eigenvalue weighted by Crippen LogP contribution is -2.24. The molecule has 1 N–H and O–H groups in total. The van der Waals surface area contributed by atoms with E-state index in [1.165, 1.54) is 24.0 Å². The van der Waals surface area contributed by atoms with Gasteiger partial charge in [-0.15, -0.1) is 0 Å². The van der Waals surface area contributed by atoms with Crippen LogP contribution in [-0.2, 0) is 4.74 Å². The fourth-order valence-electron chi connectivity index (χ4n) is 2.06. The molecule has 0 radical (unpaired) electrons. The average molecular weight is 233 g/mol. The van der Waals surface area contributed by atoms with Gasteiger partial charge in [0.05, 0.1) is 6.61 Å². The van der Waals surface area contributed by atoms with E-state index in [9.17, 15) is 0 Å². The molecule has 2 nitrogen and oxygen atoms in total. The minimum atomic E-state index is 0.403. The highest BCUT2D eigenvalue weighted by atomic mass is 16.5. The minimum absolute atomic E-state index is 0.403. The maximum Gasteiger partial charge on any atom is 0.0591 e. The van der Waals surface area contributed by atoms with Crippen molar-refractivity contribution in [2.75, 3.05) is 19.8 Å². The lowest BCUT2D eigenvalue weighted by atomic mass is 10.0. The highest BCUT2D eigenvalue weighted by Crippen LogP contribution is 2.28. The first-order valence-electron chi connectivity index (χ1n) is 6.64. The van der Waals surface area contributed by atoms with E-state index in [4.69, 9.17) is 4.74 Å². The Kier molecular flexibility index (Phi) is 4.57. The van der Waals surface area contributed by atoms with Gasteiger partial charge in [-0.05, 0) is 43.7 Å². The molecule has 0 bridgehead atoms. The molecule has 1 aliphatic carbocycles. The molecular formula is C15H23NO. The van der Waals surface area contributed by atoms with Crippen molar-refractivity contribution in [1.29, 1.82) is 0 Å². The highest BCUT2D eigenvalue weighted by molar-refractivity contribution is 5.28. The molecule has 2 rings (SSSR count). The topological polar surface area (TPSA) is 21.3 Å². The SMILES string of the molecule is Cc1ccccc1C(C)NCCOCC1CC1. The molecule has 0 amide bonds. The summed E-state index contributed by atoms with van der Waals surface area (Å²) >= 11 is 0. The van der Waals surface area contributed by atoms with Gasteiger partial charge in [-0.25, -0.2) is 0 Å². The number of nitrogens with one attached hydrogen (secondary N) is 1. The molecule has 17 heavy (non-hydrogen) atoms. The number of aryl methyl sites for hydroxylation is 1. The fraction of sp³-hybridized carbons (Fsp3) is 0.600. The van der Waals surface area contributed by atoms with Gasteiger partial charge in [0.1, 0.15) is 0 Å². The van der Waals surface area contributed by atoms with Gasteiger partial charge in [0.2, 0.25) is 0 Å². The molecule has 0 aromatic heterocycles. The van der Waals surface area contributed by atoms with Crippen molar-refractivity contribution in [3.05, 3.63) is 35.4 Å². The summed E-state index contributed by atoms with van der Waals surface area (Å²) in [5.74, 6) is 0.865. The molecule has 0 aliphatic heterocycles. The third-order valence-electron chi connectivity index (χ3n) is 3.40. The third kappa shape index (κ3) is 4.14. The number of ether oxygens (including phenoxy) is 1. The van der Waals surface area contributed by atoms with Gasteiger partial charge in [0.25, 0.3) is 0 Å². The summed E-state index contributed by atoms with van der Waals surface area (Å²) in [4.78, 5) is 0. The molecule has 0 spiro atoms. The smallest absolute Gasteiger partial charge is 0.0591 e. The van der Waals surface area contributed by atoms with Crippen molar-refractivity contribution in [1.82, 2.24) is 5.32 Å². The Morgan fingerprint density at radius 1 is 1.35 bits per heavy atom. The maximum atomic E-state index is 5.61. The largest absolute Gasteiger partial charge is 0.380 e. The Morgan fingerprint density at radius 3 is 2.82 bits per heavy atom. The lowest BCUT2D eigenvalue weighted by Gasteiger charge is -2.16. The van der Waals surface area contributed by atoms with Crippen molar-refractivity contribution in [2.45, 2.75) is 32.7 Å². The first-order valence-corrected chi connectivity index (χ1v) is 6.64. The summed E-state index contributed by atoms with van der Waals surface area (Å²) in [6.07, 6.45) is 2.74. The molecule has 1 saturated carbocycles. The van der Waals surface area contributed by atoms with Crippen LogP contribution in [0.5, 0.6) is 0 Å². The van der Waals surface area contributed by atoms with Gasteiger partial charge in [-0.1, -0.05) is 24.3 Å². The number of rotatable bonds is 7. The van der Waals surface area contributed by atoms with Crippen molar-refractivity contribution < 1.29 is 4.74 Å². The Hall–Kier alpha value is -0.860. The first-order chi connectivity index (χ1) is 8.27. The molecule has 1 aromatic carbocycles. The van der Waals surface area contributed by atoms with Gasteiger partial charge in [0.15, 0.2) is 0 Å². The van der Waals surface area contributed by atoms with E-state index in [2.05, 4.69) is 43.4 Å². The second-order valence-electron chi connectivity index (χ2n) is 5.05. The van der Waals surface area contributed by atoms with Crippen LogP contribution in [0.3, 0.4) is 0 Å². The Balaban J connectivity index is 1.65. The van der Waals surface area contributed by atoms with E-state index in [1.54, 1.807) is 0 Å². The van der Waals surface area contributed by atoms with E-state index in [0.29, 0.717) is 6.04 Å². The minimum Gasteiger partial charge on any atom is -0.380 e. The van der Waals surface area contributed by atoms with Crippen molar-refractivity contribution in [3.8, 4) is 0 Å². The molecule has 94 valence electrons. The van der Waals surface area contributed by atoms with Crippen LogP contribution in [0, 0.1) is 12.8 Å². The van der Waals surface area contributed by atoms with Crippen LogP contribution >= 0.6 is 0 Å². The Morgan fingerprint density at radius 2 is 2.12 bits per heavy atom. The molecule has 0 saturated heterocycles. The van der Waals surface area contributed by atoms with Crippen molar-refractivity contribution in [2.24, 2.45) is 5.92 Å². The van der Waals surface area contributed by atoms with Crippen LogP contribution in [0.4, 0.5) is 0 Å². The van der Waals surface area contributed by atoms with Gasteiger partial charge < -0.3 is 10.1 Å². The van der Waals surface area contributed by atoms with Gasteiger partial charge in [0, 0.05) is 19.2 Å². The monoisotopic (exact) mass is 233 g/mol. The Labute approximate surface area is 104 Å². The number of hydrogen-bond donors (Lipinski definition) is 1. The van der Waals surface area contributed by atoms with Crippen molar-refractivity contribution >= 4 is 0 Å². The van der Waals surface area contributed by atoms with E-state index in [1.807, 2.05) is 0 Å². The molecule has 1 unspecified atom stereocenters. The molecule has 1 atom stereocenters. The van der Waals surface area contributed by atoms with Crippen LogP contribution in [0.2, 0.25) is 0 Å². The standard InChI is InChI=1S/C15H23NO/c1-12-5-3-4-6-15(12)13(2)16-9-10-17-11-14-7-8-14/h3-6,13-14,16H,7-11H2,1-2H3. The summed E-state index contributed by atoms with van der Waals surface area (Å²) in [5.41, 5.74) is 2.74. The molecule has 1 aromatic rings. The van der Waals surface area contributed by atoms with E-state index < -0.39 is 0 Å². The van der Waals surface area contributed by atoms with Gasteiger partial charge in [-0.2, -0.15) is 0 Å². The third-order valence-corrected chi connectivity index (χ3v) is 3.40. The van der Waals surface area contributed by atoms with Crippen LogP contribution in [0.25, 0.3) is 0 Å². The van der Waals surface area contributed by atoms with E-state index in [-0.39, 0.29) is 0 Å². The van der Waals surface area contributed by atoms with Crippen LogP contribution < -0.4 is 5.32 Å². The summed E-state index contributed by atoms with van der Waals surface area (Å²) in [7, 11) is 0. The summed E-state index contributed by atoms with van der Waals surface area (Å²) in [6.45, 7) is 7.09. The zero-order valence-corrected chi connectivity index (χ0v) is 10.9.